The Morgan fingerprint density at radius 2 is 1.37 bits per heavy atom. The second-order valence-electron chi connectivity index (χ2n) is 13.0. The molecule has 1 atom stereocenters. The Balaban J connectivity index is 1.40. The molecule has 0 bridgehead atoms. The molecule has 2 heteroatoms. The van der Waals surface area contributed by atoms with Crippen molar-refractivity contribution in [1.29, 1.82) is 0 Å². The smallest absolute Gasteiger partial charge is 0.0476 e. The summed E-state index contributed by atoms with van der Waals surface area (Å²) < 4.78 is 0. The van der Waals surface area contributed by atoms with Gasteiger partial charge in [-0.2, -0.15) is 0 Å². The van der Waals surface area contributed by atoms with Crippen molar-refractivity contribution in [3.8, 4) is 22.3 Å². The SMILES string of the molecule is CN/C=C\C=C/CC1C=CC(c2c3ccccc3c(-c3cccc4ccccc34)c3cc4c(cc23)-c2ccccc2C4(C)C)=CN1. The molecule has 0 radical (unpaired) electrons. The van der Waals surface area contributed by atoms with Crippen LogP contribution in [0.4, 0.5) is 0 Å². The van der Waals surface area contributed by atoms with E-state index in [1.54, 1.807) is 0 Å². The maximum Gasteiger partial charge on any atom is 0.0476 e. The van der Waals surface area contributed by atoms with Crippen molar-refractivity contribution >= 4 is 37.9 Å². The first-order valence-electron chi connectivity index (χ1n) is 16.3. The summed E-state index contributed by atoms with van der Waals surface area (Å²) in [6.07, 6.45) is 16.1. The van der Waals surface area contributed by atoms with E-state index in [1.807, 2.05) is 19.3 Å². The molecule has 2 N–H and O–H groups in total. The molecule has 46 heavy (non-hydrogen) atoms. The van der Waals surface area contributed by atoms with Crippen LogP contribution in [-0.4, -0.2) is 13.1 Å². The van der Waals surface area contributed by atoms with Gasteiger partial charge < -0.3 is 10.6 Å². The maximum absolute atomic E-state index is 3.70. The highest BCUT2D eigenvalue weighted by Gasteiger charge is 2.36. The molecule has 0 fully saturated rings. The standard InChI is InChI=1S/C44H38N2/c1-44(2)40-22-11-10-18-33(40)37-26-38-39(27-41(37)44)43(34-21-13-15-29-14-6-7-17-32(29)34)36-20-9-8-19-35(36)42(38)30-23-24-31(46-28-30)16-5-4-12-25-45-3/h4-15,17-28,31,45-46H,16H2,1-3H3/b5-4-,25-12-. The predicted molar refractivity (Wildman–Crippen MR) is 198 cm³/mol. The quantitative estimate of drug-likeness (QED) is 0.148. The second-order valence-corrected chi connectivity index (χ2v) is 13.0. The molecule has 0 aromatic heterocycles. The summed E-state index contributed by atoms with van der Waals surface area (Å²) in [5, 5.41) is 14.4. The van der Waals surface area contributed by atoms with E-state index in [9.17, 15) is 0 Å². The number of hydrogen-bond donors (Lipinski definition) is 2. The summed E-state index contributed by atoms with van der Waals surface area (Å²) in [5.74, 6) is 0. The molecule has 224 valence electrons. The molecule has 6 aromatic carbocycles. The molecule has 1 aliphatic carbocycles. The molecule has 2 nitrogen and oxygen atoms in total. The average Bonchev–Trinajstić information content (AvgIpc) is 3.32. The third-order valence-corrected chi connectivity index (χ3v) is 9.93. The highest BCUT2D eigenvalue weighted by Crippen LogP contribution is 2.53. The van der Waals surface area contributed by atoms with E-state index in [1.165, 1.54) is 76.8 Å². The van der Waals surface area contributed by atoms with Crippen LogP contribution in [0.15, 0.2) is 146 Å². The molecule has 0 saturated heterocycles. The Labute approximate surface area is 271 Å². The average molecular weight is 595 g/mol. The van der Waals surface area contributed by atoms with Crippen LogP contribution in [0.25, 0.3) is 60.1 Å². The number of nitrogens with one attached hydrogen (secondary N) is 2. The van der Waals surface area contributed by atoms with Gasteiger partial charge in [-0.1, -0.05) is 129 Å². The normalized spacial score (nSPS) is 16.7. The number of rotatable bonds is 6. The monoisotopic (exact) mass is 594 g/mol. The first-order chi connectivity index (χ1) is 22.6. The number of benzene rings is 6. The van der Waals surface area contributed by atoms with Crippen LogP contribution in [0.5, 0.6) is 0 Å². The van der Waals surface area contributed by atoms with Gasteiger partial charge in [0.2, 0.25) is 0 Å². The van der Waals surface area contributed by atoms with Crippen molar-refractivity contribution < 1.29 is 0 Å². The molecule has 0 spiro atoms. The number of allylic oxidation sites excluding steroid dienone is 4. The minimum atomic E-state index is -0.0867. The molecule has 1 heterocycles. The number of fused-ring (bicyclic) bond motifs is 6. The summed E-state index contributed by atoms with van der Waals surface area (Å²) in [6.45, 7) is 4.75. The minimum Gasteiger partial charge on any atom is -0.394 e. The van der Waals surface area contributed by atoms with Crippen LogP contribution < -0.4 is 10.6 Å². The van der Waals surface area contributed by atoms with Crippen molar-refractivity contribution in [3.05, 3.63) is 163 Å². The van der Waals surface area contributed by atoms with E-state index in [0.717, 1.165) is 6.42 Å². The van der Waals surface area contributed by atoms with Crippen molar-refractivity contribution in [1.82, 2.24) is 10.6 Å². The molecule has 0 amide bonds. The Kier molecular flexibility index (Phi) is 6.87. The summed E-state index contributed by atoms with van der Waals surface area (Å²) >= 11 is 0. The highest BCUT2D eigenvalue weighted by atomic mass is 14.9. The van der Waals surface area contributed by atoms with Gasteiger partial charge in [-0.15, -0.1) is 0 Å². The third kappa shape index (κ3) is 4.48. The van der Waals surface area contributed by atoms with Crippen LogP contribution in [0.1, 0.15) is 37.0 Å². The summed E-state index contributed by atoms with van der Waals surface area (Å²) in [4.78, 5) is 0. The molecular weight excluding hydrogens is 556 g/mol. The van der Waals surface area contributed by atoms with Gasteiger partial charge in [0.15, 0.2) is 0 Å². The number of dihydropyridines is 1. The van der Waals surface area contributed by atoms with Gasteiger partial charge in [-0.05, 0) is 108 Å². The molecular formula is C44H38N2. The van der Waals surface area contributed by atoms with Crippen LogP contribution in [0.2, 0.25) is 0 Å². The van der Waals surface area contributed by atoms with Crippen molar-refractivity contribution in [2.75, 3.05) is 7.05 Å². The van der Waals surface area contributed by atoms with Gasteiger partial charge in [-0.25, -0.2) is 0 Å². The van der Waals surface area contributed by atoms with Gasteiger partial charge in [-0.3, -0.25) is 0 Å². The Morgan fingerprint density at radius 1 is 0.674 bits per heavy atom. The van der Waals surface area contributed by atoms with Crippen LogP contribution in [-0.2, 0) is 5.41 Å². The molecule has 1 aliphatic heterocycles. The van der Waals surface area contributed by atoms with E-state index < -0.39 is 0 Å². The van der Waals surface area contributed by atoms with E-state index in [2.05, 4.69) is 158 Å². The molecule has 2 aliphatic rings. The van der Waals surface area contributed by atoms with E-state index >= 15 is 0 Å². The first kappa shape index (κ1) is 28.2. The summed E-state index contributed by atoms with van der Waals surface area (Å²) in [7, 11) is 1.91. The highest BCUT2D eigenvalue weighted by molar-refractivity contribution is 6.22. The molecule has 8 rings (SSSR count). The lowest BCUT2D eigenvalue weighted by atomic mass is 9.79. The van der Waals surface area contributed by atoms with Gasteiger partial charge in [0.1, 0.15) is 0 Å². The van der Waals surface area contributed by atoms with Gasteiger partial charge in [0.25, 0.3) is 0 Å². The van der Waals surface area contributed by atoms with Crippen molar-refractivity contribution in [3.63, 3.8) is 0 Å². The van der Waals surface area contributed by atoms with Crippen LogP contribution >= 0.6 is 0 Å². The zero-order chi connectivity index (χ0) is 31.3. The Bertz CT molecular complexity index is 2270. The topological polar surface area (TPSA) is 24.1 Å². The minimum absolute atomic E-state index is 0.0867. The van der Waals surface area contributed by atoms with Crippen molar-refractivity contribution in [2.24, 2.45) is 0 Å². The Hall–Kier alpha value is -5.34. The Morgan fingerprint density at radius 3 is 2.17 bits per heavy atom. The van der Waals surface area contributed by atoms with Crippen LogP contribution in [0, 0.1) is 0 Å². The fourth-order valence-electron chi connectivity index (χ4n) is 7.69. The van der Waals surface area contributed by atoms with Crippen molar-refractivity contribution in [2.45, 2.75) is 31.7 Å². The lowest BCUT2D eigenvalue weighted by molar-refractivity contribution is 0.661. The van der Waals surface area contributed by atoms with E-state index in [-0.39, 0.29) is 11.5 Å². The van der Waals surface area contributed by atoms with E-state index in [0.29, 0.717) is 0 Å². The van der Waals surface area contributed by atoms with Gasteiger partial charge >= 0.3 is 0 Å². The lowest BCUT2D eigenvalue weighted by Gasteiger charge is -2.25. The van der Waals surface area contributed by atoms with Gasteiger partial charge in [0, 0.05) is 24.7 Å². The first-order valence-corrected chi connectivity index (χ1v) is 16.3. The zero-order valence-corrected chi connectivity index (χ0v) is 26.6. The lowest BCUT2D eigenvalue weighted by Crippen LogP contribution is -2.23. The zero-order valence-electron chi connectivity index (χ0n) is 26.6. The maximum atomic E-state index is 3.70. The molecule has 6 aromatic rings. The number of hydrogen-bond acceptors (Lipinski definition) is 2. The molecule has 1 unspecified atom stereocenters. The third-order valence-electron chi connectivity index (χ3n) is 9.93. The van der Waals surface area contributed by atoms with E-state index in [4.69, 9.17) is 0 Å². The summed E-state index contributed by atoms with van der Waals surface area (Å²) in [6, 6.07) is 38.7. The second kappa shape index (κ2) is 11.2. The largest absolute Gasteiger partial charge is 0.394 e. The van der Waals surface area contributed by atoms with Crippen LogP contribution in [0.3, 0.4) is 0 Å². The predicted octanol–water partition coefficient (Wildman–Crippen LogP) is 10.7. The van der Waals surface area contributed by atoms with Gasteiger partial charge in [0.05, 0.1) is 0 Å². The fraction of sp³-hybridized carbons (Fsp3) is 0.136. The fourth-order valence-corrected chi connectivity index (χ4v) is 7.69. The summed E-state index contributed by atoms with van der Waals surface area (Å²) in [5.41, 5.74) is 10.5. The molecule has 0 saturated carbocycles.